The van der Waals surface area contributed by atoms with E-state index in [9.17, 15) is 14.7 Å². The summed E-state index contributed by atoms with van der Waals surface area (Å²) in [6.07, 6.45) is 3.19. The van der Waals surface area contributed by atoms with Crippen LogP contribution in [0, 0.1) is 0 Å². The molecule has 9 heteroatoms. The Labute approximate surface area is 244 Å². The van der Waals surface area contributed by atoms with Crippen LogP contribution >= 0.6 is 23.2 Å². The number of rotatable bonds is 12. The average molecular weight is 583 g/mol. The number of aliphatic hydroxyl groups excluding tert-OH is 1. The number of amides is 2. The van der Waals surface area contributed by atoms with Crippen LogP contribution in [-0.4, -0.2) is 47.8 Å². The van der Waals surface area contributed by atoms with Gasteiger partial charge in [0.15, 0.2) is 0 Å². The minimum atomic E-state index is -0.800. The topological polar surface area (TPSA) is 105 Å². The maximum absolute atomic E-state index is 12.6. The molecule has 0 aliphatic carbocycles. The van der Waals surface area contributed by atoms with Gasteiger partial charge in [-0.15, -0.1) is 0 Å². The van der Waals surface area contributed by atoms with Crippen molar-refractivity contribution in [3.05, 3.63) is 117 Å². The van der Waals surface area contributed by atoms with Crippen molar-refractivity contribution in [2.24, 2.45) is 5.73 Å². The Morgan fingerprint density at radius 2 is 1.75 bits per heavy atom. The van der Waals surface area contributed by atoms with E-state index in [1.54, 1.807) is 0 Å². The van der Waals surface area contributed by atoms with E-state index in [0.717, 1.165) is 22.3 Å². The van der Waals surface area contributed by atoms with Crippen LogP contribution in [-0.2, 0) is 20.7 Å². The third kappa shape index (κ3) is 7.93. The van der Waals surface area contributed by atoms with Crippen LogP contribution in [0.15, 0.2) is 90.5 Å². The van der Waals surface area contributed by atoms with Gasteiger partial charge in [-0.05, 0) is 52.9 Å². The normalized spacial score (nSPS) is 18.1. The number of hydrogen-bond donors (Lipinski definition) is 3. The average Bonchev–Trinajstić information content (AvgIpc) is 2.95. The Kier molecular flexibility index (Phi) is 10.7. The molecule has 1 heterocycles. The predicted octanol–water partition coefficient (Wildman–Crippen LogP) is 4.98. The molecule has 0 aromatic heterocycles. The molecular weight excluding hydrogens is 549 g/mol. The van der Waals surface area contributed by atoms with Crippen molar-refractivity contribution in [3.8, 4) is 0 Å². The Balaban J connectivity index is 1.41. The van der Waals surface area contributed by atoms with Gasteiger partial charge < -0.3 is 20.9 Å². The summed E-state index contributed by atoms with van der Waals surface area (Å²) in [4.78, 5) is 26.5. The molecule has 2 unspecified atom stereocenters. The third-order valence-corrected chi connectivity index (χ3v) is 7.46. The number of benzene rings is 3. The molecule has 1 aliphatic rings. The molecule has 0 saturated carbocycles. The van der Waals surface area contributed by atoms with Crippen LogP contribution in [0.5, 0.6) is 0 Å². The Hall–Kier alpha value is -3.20. The lowest BCUT2D eigenvalue weighted by molar-refractivity contribution is -0.128. The second-order valence-corrected chi connectivity index (χ2v) is 10.6. The first-order valence-electron chi connectivity index (χ1n) is 13.1. The zero-order valence-electron chi connectivity index (χ0n) is 22.0. The first-order valence-corrected chi connectivity index (χ1v) is 13.9. The standard InChI is InChI=1S/C31H33Cl2N3O4/c32-25-12-9-22(10-13-25)28-14-11-24(30(36(28)20-37)23-7-4-8-26(33)18-23)19-40-16-15-29(38)35-27(31(34)39)17-21-5-2-1-3-6-21/h1-13,18,27-28,30,37H,14-17,19-20H2,(H2,34,39)(H,35,38)/t27-,28?,30?/m0/s1. The fourth-order valence-corrected chi connectivity index (χ4v) is 5.33. The minimum Gasteiger partial charge on any atom is -0.381 e. The largest absolute Gasteiger partial charge is 0.381 e. The van der Waals surface area contributed by atoms with E-state index < -0.39 is 11.9 Å². The number of halogens is 2. The highest BCUT2D eigenvalue weighted by atomic mass is 35.5. The maximum Gasteiger partial charge on any atom is 0.240 e. The molecule has 0 radical (unpaired) electrons. The van der Waals surface area contributed by atoms with Crippen LogP contribution in [0.1, 0.15) is 41.6 Å². The summed E-state index contributed by atoms with van der Waals surface area (Å²) in [6, 6.07) is 23.4. The van der Waals surface area contributed by atoms with Crippen LogP contribution in [0.2, 0.25) is 10.0 Å². The fourth-order valence-electron chi connectivity index (χ4n) is 5.01. The van der Waals surface area contributed by atoms with E-state index in [1.165, 1.54) is 0 Å². The van der Waals surface area contributed by atoms with E-state index in [2.05, 4.69) is 11.4 Å². The quantitative estimate of drug-likeness (QED) is 0.207. The molecule has 210 valence electrons. The Morgan fingerprint density at radius 3 is 2.42 bits per heavy atom. The number of aliphatic hydroxyl groups is 1. The van der Waals surface area contributed by atoms with Crippen molar-refractivity contribution in [1.82, 2.24) is 10.2 Å². The number of primary amides is 1. The summed E-state index contributed by atoms with van der Waals surface area (Å²) in [6.45, 7) is 0.236. The molecule has 3 aromatic carbocycles. The van der Waals surface area contributed by atoms with Gasteiger partial charge in [0.1, 0.15) is 6.04 Å². The van der Waals surface area contributed by atoms with Crippen molar-refractivity contribution >= 4 is 35.0 Å². The lowest BCUT2D eigenvalue weighted by Crippen LogP contribution is -2.46. The molecule has 0 fully saturated rings. The van der Waals surface area contributed by atoms with Gasteiger partial charge >= 0.3 is 0 Å². The molecule has 7 nitrogen and oxygen atoms in total. The molecule has 0 bridgehead atoms. The van der Waals surface area contributed by atoms with E-state index in [0.29, 0.717) is 22.9 Å². The van der Waals surface area contributed by atoms with Gasteiger partial charge in [-0.25, -0.2) is 0 Å². The van der Waals surface area contributed by atoms with Gasteiger partial charge in [-0.2, -0.15) is 0 Å². The SMILES string of the molecule is NC(=O)[C@H](Cc1ccccc1)NC(=O)CCOCC1=CCC(c2ccc(Cl)cc2)N(CO)C1c1cccc(Cl)c1. The highest BCUT2D eigenvalue weighted by molar-refractivity contribution is 6.30. The van der Waals surface area contributed by atoms with Crippen LogP contribution in [0.3, 0.4) is 0 Å². The molecule has 1 aliphatic heterocycles. The highest BCUT2D eigenvalue weighted by Crippen LogP contribution is 2.42. The van der Waals surface area contributed by atoms with Gasteiger partial charge in [0.25, 0.3) is 0 Å². The molecule has 3 aromatic rings. The maximum atomic E-state index is 12.6. The van der Waals surface area contributed by atoms with E-state index in [4.69, 9.17) is 33.7 Å². The summed E-state index contributed by atoms with van der Waals surface area (Å²) in [7, 11) is 0. The van der Waals surface area contributed by atoms with E-state index in [-0.39, 0.29) is 44.4 Å². The van der Waals surface area contributed by atoms with Crippen molar-refractivity contribution in [3.63, 3.8) is 0 Å². The van der Waals surface area contributed by atoms with Gasteiger partial charge in [0.2, 0.25) is 11.8 Å². The molecule has 0 saturated heterocycles. The lowest BCUT2D eigenvalue weighted by Gasteiger charge is -2.41. The lowest BCUT2D eigenvalue weighted by atomic mass is 9.87. The first-order chi connectivity index (χ1) is 19.4. The molecule has 4 rings (SSSR count). The van der Waals surface area contributed by atoms with Crippen molar-refractivity contribution in [2.45, 2.75) is 37.4 Å². The summed E-state index contributed by atoms with van der Waals surface area (Å²) in [5.41, 5.74) is 9.35. The Bertz CT molecular complexity index is 1320. The number of nitrogens with one attached hydrogen (secondary N) is 1. The van der Waals surface area contributed by atoms with Crippen LogP contribution in [0.25, 0.3) is 0 Å². The van der Waals surface area contributed by atoms with Gasteiger partial charge in [-0.1, -0.05) is 83.9 Å². The van der Waals surface area contributed by atoms with Gasteiger partial charge in [0.05, 0.1) is 26.0 Å². The summed E-state index contributed by atoms with van der Waals surface area (Å²) < 4.78 is 5.93. The second kappa shape index (κ2) is 14.4. The summed E-state index contributed by atoms with van der Waals surface area (Å²) in [5.74, 6) is -0.905. The fraction of sp³-hybridized carbons (Fsp3) is 0.290. The molecule has 2 amide bonds. The number of carbonyl (C=O) groups is 2. The molecule has 3 atom stereocenters. The summed E-state index contributed by atoms with van der Waals surface area (Å²) in [5, 5.41) is 14.4. The van der Waals surface area contributed by atoms with Gasteiger partial charge in [0, 0.05) is 28.9 Å². The molecular formula is C31H33Cl2N3O4. The predicted molar refractivity (Wildman–Crippen MR) is 157 cm³/mol. The summed E-state index contributed by atoms with van der Waals surface area (Å²) >= 11 is 12.4. The monoisotopic (exact) mass is 581 g/mol. The number of carbonyl (C=O) groups excluding carboxylic acids is 2. The van der Waals surface area contributed by atoms with E-state index >= 15 is 0 Å². The molecule has 4 N–H and O–H groups in total. The zero-order chi connectivity index (χ0) is 28.5. The zero-order valence-corrected chi connectivity index (χ0v) is 23.5. The van der Waals surface area contributed by atoms with Crippen molar-refractivity contribution < 1.29 is 19.4 Å². The molecule has 40 heavy (non-hydrogen) atoms. The van der Waals surface area contributed by atoms with Crippen LogP contribution < -0.4 is 11.1 Å². The smallest absolute Gasteiger partial charge is 0.240 e. The minimum absolute atomic E-state index is 0.0730. The number of nitrogens with zero attached hydrogens (tertiary/aromatic N) is 1. The van der Waals surface area contributed by atoms with Gasteiger partial charge in [-0.3, -0.25) is 14.5 Å². The Morgan fingerprint density at radius 1 is 1.00 bits per heavy atom. The number of nitrogens with two attached hydrogens (primary N) is 1. The van der Waals surface area contributed by atoms with Crippen molar-refractivity contribution in [2.75, 3.05) is 19.9 Å². The number of hydrogen-bond acceptors (Lipinski definition) is 5. The third-order valence-electron chi connectivity index (χ3n) is 6.97. The van der Waals surface area contributed by atoms with Crippen molar-refractivity contribution in [1.29, 1.82) is 0 Å². The second-order valence-electron chi connectivity index (χ2n) is 9.71. The van der Waals surface area contributed by atoms with Crippen LogP contribution in [0.4, 0.5) is 0 Å². The molecule has 0 spiro atoms. The number of ether oxygens (including phenoxy) is 1. The highest BCUT2D eigenvalue weighted by Gasteiger charge is 2.34. The van der Waals surface area contributed by atoms with E-state index in [1.807, 2.05) is 83.8 Å². The first kappa shape index (κ1) is 29.8.